The van der Waals surface area contributed by atoms with E-state index >= 15 is 0 Å². The summed E-state index contributed by atoms with van der Waals surface area (Å²) in [6.45, 7) is 3.92. The first-order chi connectivity index (χ1) is 14.2. The maximum Gasteiger partial charge on any atom is 0.257 e. The predicted molar refractivity (Wildman–Crippen MR) is 118 cm³/mol. The van der Waals surface area contributed by atoms with Crippen LogP contribution < -0.4 is 14.8 Å². The molecule has 2 heterocycles. The minimum atomic E-state index is -0.126. The molecule has 0 unspecified atom stereocenters. The normalized spacial score (nSPS) is 12.6. The van der Waals surface area contributed by atoms with E-state index in [1.165, 1.54) is 0 Å². The topological polar surface area (TPSA) is 52.5 Å². The van der Waals surface area contributed by atoms with Crippen molar-refractivity contribution in [2.24, 2.45) is 0 Å². The van der Waals surface area contributed by atoms with Gasteiger partial charge in [-0.25, -0.2) is 0 Å². The van der Waals surface area contributed by atoms with Crippen LogP contribution in [0.2, 0.25) is 0 Å². The van der Waals surface area contributed by atoms with E-state index in [1.54, 1.807) is 11.8 Å². The number of benzene rings is 2. The van der Waals surface area contributed by atoms with E-state index in [1.807, 2.05) is 49.4 Å². The van der Waals surface area contributed by atoms with Crippen molar-refractivity contribution in [3.05, 3.63) is 65.9 Å². The molecule has 0 spiro atoms. The minimum absolute atomic E-state index is 0.126. The van der Waals surface area contributed by atoms with Crippen LogP contribution in [0.15, 0.2) is 54.6 Å². The second kappa shape index (κ2) is 8.66. The number of amides is 1. The summed E-state index contributed by atoms with van der Waals surface area (Å²) in [6.07, 6.45) is 2.09. The zero-order valence-corrected chi connectivity index (χ0v) is 17.4. The third-order valence-corrected chi connectivity index (χ3v) is 5.59. The van der Waals surface area contributed by atoms with Gasteiger partial charge in [0.1, 0.15) is 13.2 Å². The second-order valence-corrected chi connectivity index (χ2v) is 7.84. The highest BCUT2D eigenvalue weighted by atomic mass is 32.2. The molecule has 1 aliphatic rings. The fourth-order valence-electron chi connectivity index (χ4n) is 3.51. The average molecular weight is 409 g/mol. The van der Waals surface area contributed by atoms with Gasteiger partial charge in [0.15, 0.2) is 11.5 Å². The zero-order valence-electron chi connectivity index (χ0n) is 16.6. The molecule has 1 N–H and O–H groups in total. The molecule has 29 heavy (non-hydrogen) atoms. The van der Waals surface area contributed by atoms with E-state index in [0.29, 0.717) is 36.0 Å². The molecule has 0 aliphatic carbocycles. The number of nitrogens with zero attached hydrogens (tertiary/aromatic N) is 1. The highest BCUT2D eigenvalue weighted by Crippen LogP contribution is 2.33. The number of nitrogens with one attached hydrogen (secondary N) is 1. The molecule has 3 aromatic rings. The van der Waals surface area contributed by atoms with Gasteiger partial charge in [-0.2, -0.15) is 11.8 Å². The van der Waals surface area contributed by atoms with Crippen LogP contribution in [0.25, 0.3) is 11.3 Å². The summed E-state index contributed by atoms with van der Waals surface area (Å²) in [4.78, 5) is 13.1. The lowest BCUT2D eigenvalue weighted by Crippen LogP contribution is -2.17. The third-order valence-electron chi connectivity index (χ3n) is 5.00. The Morgan fingerprint density at radius 1 is 1.07 bits per heavy atom. The van der Waals surface area contributed by atoms with Gasteiger partial charge < -0.3 is 19.4 Å². The fourth-order valence-corrected chi connectivity index (χ4v) is 3.88. The van der Waals surface area contributed by atoms with E-state index < -0.39 is 0 Å². The monoisotopic (exact) mass is 408 g/mol. The summed E-state index contributed by atoms with van der Waals surface area (Å²) in [5.74, 6) is 2.23. The smallest absolute Gasteiger partial charge is 0.257 e. The summed E-state index contributed by atoms with van der Waals surface area (Å²) in [5.41, 5.74) is 4.50. The van der Waals surface area contributed by atoms with Crippen molar-refractivity contribution < 1.29 is 14.3 Å². The van der Waals surface area contributed by atoms with Crippen LogP contribution >= 0.6 is 11.8 Å². The van der Waals surface area contributed by atoms with Crippen molar-refractivity contribution in [1.82, 2.24) is 4.57 Å². The van der Waals surface area contributed by atoms with E-state index in [-0.39, 0.29) is 5.91 Å². The molecule has 150 valence electrons. The van der Waals surface area contributed by atoms with Gasteiger partial charge in [-0.15, -0.1) is 0 Å². The summed E-state index contributed by atoms with van der Waals surface area (Å²) >= 11 is 1.80. The third kappa shape index (κ3) is 4.12. The number of anilines is 1. The van der Waals surface area contributed by atoms with Crippen LogP contribution in [0, 0.1) is 6.92 Å². The molecule has 0 saturated carbocycles. The molecule has 0 radical (unpaired) electrons. The Labute approximate surface area is 175 Å². The number of hydrogen-bond donors (Lipinski definition) is 1. The van der Waals surface area contributed by atoms with Crippen molar-refractivity contribution in [3.63, 3.8) is 0 Å². The summed E-state index contributed by atoms with van der Waals surface area (Å²) in [7, 11) is 0. The van der Waals surface area contributed by atoms with Gasteiger partial charge in [0.25, 0.3) is 5.91 Å². The molecule has 6 heteroatoms. The van der Waals surface area contributed by atoms with Crippen LogP contribution in [0.3, 0.4) is 0 Å². The number of ether oxygens (including phenoxy) is 2. The summed E-state index contributed by atoms with van der Waals surface area (Å²) in [6, 6.07) is 17.7. The zero-order chi connectivity index (χ0) is 20.2. The molecular weight excluding hydrogens is 384 g/mol. The van der Waals surface area contributed by atoms with Gasteiger partial charge in [0, 0.05) is 35.4 Å². The second-order valence-electron chi connectivity index (χ2n) is 6.85. The van der Waals surface area contributed by atoms with Gasteiger partial charge in [-0.3, -0.25) is 4.79 Å². The number of fused-ring (bicyclic) bond motifs is 1. The molecular formula is C23H24N2O3S. The fraction of sp³-hybridized carbons (Fsp3) is 0.261. The number of carbonyl (C=O) groups is 1. The van der Waals surface area contributed by atoms with Crippen molar-refractivity contribution >= 4 is 23.4 Å². The Morgan fingerprint density at radius 3 is 2.59 bits per heavy atom. The number of thioether (sulfide) groups is 1. The van der Waals surface area contributed by atoms with Crippen LogP contribution in [0.4, 0.5) is 5.69 Å². The maximum atomic E-state index is 13.1. The van der Waals surface area contributed by atoms with Crippen molar-refractivity contribution in [2.45, 2.75) is 13.5 Å². The van der Waals surface area contributed by atoms with E-state index in [2.05, 4.69) is 28.3 Å². The SMILES string of the molecule is CSCCn1c(-c2ccccc2)cc(C(=O)Nc2ccc3c(c2)OCCO3)c1C. The molecule has 0 atom stereocenters. The van der Waals surface area contributed by atoms with Gasteiger partial charge in [-0.05, 0) is 36.9 Å². The average Bonchev–Trinajstić information content (AvgIpc) is 3.09. The van der Waals surface area contributed by atoms with Gasteiger partial charge in [0.2, 0.25) is 0 Å². The number of aromatic nitrogens is 1. The van der Waals surface area contributed by atoms with E-state index in [0.717, 1.165) is 29.2 Å². The van der Waals surface area contributed by atoms with E-state index in [9.17, 15) is 4.79 Å². The largest absolute Gasteiger partial charge is 0.486 e. The van der Waals surface area contributed by atoms with Gasteiger partial charge in [0.05, 0.1) is 5.56 Å². The van der Waals surface area contributed by atoms with Crippen LogP contribution in [-0.4, -0.2) is 35.7 Å². The van der Waals surface area contributed by atoms with Gasteiger partial charge >= 0.3 is 0 Å². The lowest BCUT2D eigenvalue weighted by atomic mass is 10.1. The maximum absolute atomic E-state index is 13.1. The summed E-state index contributed by atoms with van der Waals surface area (Å²) < 4.78 is 13.4. The Bertz CT molecular complexity index is 1010. The first kappa shape index (κ1) is 19.5. The Hall–Kier alpha value is -2.86. The predicted octanol–water partition coefficient (Wildman–Crippen LogP) is 4.85. The molecule has 2 aromatic carbocycles. The van der Waals surface area contributed by atoms with Gasteiger partial charge in [-0.1, -0.05) is 30.3 Å². The van der Waals surface area contributed by atoms with Crippen molar-refractivity contribution in [1.29, 1.82) is 0 Å². The first-order valence-electron chi connectivity index (χ1n) is 9.63. The van der Waals surface area contributed by atoms with Crippen LogP contribution in [0.5, 0.6) is 11.5 Å². The Kier molecular flexibility index (Phi) is 5.81. The quantitative estimate of drug-likeness (QED) is 0.633. The molecule has 0 saturated heterocycles. The highest BCUT2D eigenvalue weighted by Gasteiger charge is 2.19. The molecule has 4 rings (SSSR count). The standard InChI is InChI=1S/C23H24N2O3S/c1-16-19(15-20(25(16)10-13-29-2)17-6-4-3-5-7-17)23(26)24-18-8-9-21-22(14-18)28-12-11-27-21/h3-9,14-15H,10-13H2,1-2H3,(H,24,26). The lowest BCUT2D eigenvalue weighted by Gasteiger charge is -2.19. The van der Waals surface area contributed by atoms with Crippen molar-refractivity contribution in [2.75, 3.05) is 30.5 Å². The molecule has 1 aromatic heterocycles. The van der Waals surface area contributed by atoms with Crippen molar-refractivity contribution in [3.8, 4) is 22.8 Å². The number of carbonyl (C=O) groups excluding carboxylic acids is 1. The molecule has 0 fully saturated rings. The minimum Gasteiger partial charge on any atom is -0.486 e. The van der Waals surface area contributed by atoms with Crippen LogP contribution in [0.1, 0.15) is 16.1 Å². The highest BCUT2D eigenvalue weighted by molar-refractivity contribution is 7.98. The number of hydrogen-bond acceptors (Lipinski definition) is 4. The van der Waals surface area contributed by atoms with Crippen LogP contribution in [-0.2, 0) is 6.54 Å². The first-order valence-corrected chi connectivity index (χ1v) is 11.0. The Balaban J connectivity index is 1.63. The molecule has 0 bridgehead atoms. The lowest BCUT2D eigenvalue weighted by molar-refractivity contribution is 0.102. The molecule has 5 nitrogen and oxygen atoms in total. The Morgan fingerprint density at radius 2 is 1.83 bits per heavy atom. The number of rotatable bonds is 6. The molecule has 1 aliphatic heterocycles. The molecule has 1 amide bonds. The summed E-state index contributed by atoms with van der Waals surface area (Å²) in [5, 5.41) is 3.00. The van der Waals surface area contributed by atoms with E-state index in [4.69, 9.17) is 9.47 Å².